The predicted molar refractivity (Wildman–Crippen MR) is 74.9 cm³/mol. The summed E-state index contributed by atoms with van der Waals surface area (Å²) in [7, 11) is -1.14. The van der Waals surface area contributed by atoms with E-state index in [0.717, 1.165) is 5.56 Å². The van der Waals surface area contributed by atoms with E-state index in [9.17, 15) is 9.32 Å². The number of aliphatic hydroxyl groups is 2. The lowest BCUT2D eigenvalue weighted by atomic mass is 9.87. The van der Waals surface area contributed by atoms with E-state index in [2.05, 4.69) is 32.9 Å². The molecule has 0 bridgehead atoms. The number of rotatable bonds is 5. The summed E-state index contributed by atoms with van der Waals surface area (Å²) < 4.78 is 11.7. The topological polar surface area (TPSA) is 57.5 Å². The van der Waals surface area contributed by atoms with Crippen LogP contribution in [-0.2, 0) is 22.0 Å². The summed E-state index contributed by atoms with van der Waals surface area (Å²) in [6, 6.07) is 8.05. The molecule has 18 heavy (non-hydrogen) atoms. The van der Waals surface area contributed by atoms with Crippen LogP contribution in [0.2, 0.25) is 0 Å². The van der Waals surface area contributed by atoms with E-state index in [1.54, 1.807) is 0 Å². The Morgan fingerprint density at radius 3 is 2.22 bits per heavy atom. The van der Waals surface area contributed by atoms with Crippen molar-refractivity contribution in [2.45, 2.75) is 38.0 Å². The predicted octanol–water partition coefficient (Wildman–Crippen LogP) is 1.59. The molecule has 2 atom stereocenters. The highest BCUT2D eigenvalue weighted by Gasteiger charge is 2.13. The molecule has 0 spiro atoms. The number of aliphatic hydroxyl groups excluding tert-OH is 2. The van der Waals surface area contributed by atoms with Crippen LogP contribution >= 0.6 is 0 Å². The lowest BCUT2D eigenvalue weighted by molar-refractivity contribution is 0.113. The Morgan fingerprint density at radius 2 is 1.78 bits per heavy atom. The van der Waals surface area contributed by atoms with Gasteiger partial charge in [0, 0.05) is 16.6 Å². The third kappa shape index (κ3) is 4.88. The minimum Gasteiger partial charge on any atom is -0.394 e. The molecule has 0 aromatic heterocycles. The number of benzene rings is 1. The largest absolute Gasteiger partial charge is 0.394 e. The van der Waals surface area contributed by atoms with Gasteiger partial charge in [0.1, 0.15) is 0 Å². The fourth-order valence-corrected chi connectivity index (χ4v) is 2.83. The van der Waals surface area contributed by atoms with Crippen LogP contribution < -0.4 is 0 Å². The number of hydrogen-bond donors (Lipinski definition) is 2. The van der Waals surface area contributed by atoms with Crippen LogP contribution in [-0.4, -0.2) is 32.9 Å². The van der Waals surface area contributed by atoms with E-state index < -0.39 is 16.9 Å². The molecular weight excluding hydrogens is 248 g/mol. The molecule has 4 heteroatoms. The molecule has 0 aliphatic rings. The maximum Gasteiger partial charge on any atom is 0.0885 e. The van der Waals surface area contributed by atoms with Gasteiger partial charge < -0.3 is 10.2 Å². The van der Waals surface area contributed by atoms with Crippen LogP contribution in [0.4, 0.5) is 0 Å². The Morgan fingerprint density at radius 1 is 1.22 bits per heavy atom. The van der Waals surface area contributed by atoms with Crippen molar-refractivity contribution in [3.63, 3.8) is 0 Å². The second-order valence-electron chi connectivity index (χ2n) is 5.53. The standard InChI is InChI=1S/C14H22O3S/c1-14(2,3)12-6-4-11(5-7-12)9-18(17)10-13(16)8-15/h4-7,13,15-16H,8-10H2,1-3H3/t13-,18+/m0/s1. The van der Waals surface area contributed by atoms with Crippen LogP contribution in [0.25, 0.3) is 0 Å². The average molecular weight is 270 g/mol. The first-order valence-corrected chi connectivity index (χ1v) is 7.55. The quantitative estimate of drug-likeness (QED) is 0.854. The molecule has 0 radical (unpaired) electrons. The molecule has 0 aliphatic carbocycles. The lowest BCUT2D eigenvalue weighted by Crippen LogP contribution is -2.21. The Bertz CT molecular complexity index is 392. The zero-order valence-electron chi connectivity index (χ0n) is 11.2. The first-order chi connectivity index (χ1) is 8.32. The molecule has 1 rings (SSSR count). The molecule has 1 aromatic carbocycles. The summed E-state index contributed by atoms with van der Waals surface area (Å²) in [6.45, 7) is 6.11. The molecule has 3 nitrogen and oxygen atoms in total. The van der Waals surface area contributed by atoms with Gasteiger partial charge in [-0.1, -0.05) is 45.0 Å². The maximum absolute atomic E-state index is 11.7. The van der Waals surface area contributed by atoms with E-state index in [4.69, 9.17) is 5.11 Å². The highest BCUT2D eigenvalue weighted by Crippen LogP contribution is 2.22. The van der Waals surface area contributed by atoms with Gasteiger partial charge in [-0.25, -0.2) is 0 Å². The average Bonchev–Trinajstić information content (AvgIpc) is 2.28. The minimum atomic E-state index is -1.14. The lowest BCUT2D eigenvalue weighted by Gasteiger charge is -2.19. The fraction of sp³-hybridized carbons (Fsp3) is 0.571. The molecule has 1 aromatic rings. The summed E-state index contributed by atoms with van der Waals surface area (Å²) in [6.07, 6.45) is -0.889. The first-order valence-electron chi connectivity index (χ1n) is 6.06. The van der Waals surface area contributed by atoms with Gasteiger partial charge >= 0.3 is 0 Å². The van der Waals surface area contributed by atoms with Gasteiger partial charge in [-0.3, -0.25) is 4.21 Å². The smallest absolute Gasteiger partial charge is 0.0885 e. The van der Waals surface area contributed by atoms with Crippen molar-refractivity contribution in [2.24, 2.45) is 0 Å². The molecule has 0 aliphatic heterocycles. The third-order valence-corrected chi connectivity index (χ3v) is 4.15. The second-order valence-corrected chi connectivity index (χ2v) is 7.04. The Balaban J connectivity index is 2.61. The molecule has 0 amide bonds. The van der Waals surface area contributed by atoms with Crippen molar-refractivity contribution in [2.75, 3.05) is 12.4 Å². The molecule has 0 saturated heterocycles. The molecule has 102 valence electrons. The normalized spacial score (nSPS) is 15.4. The van der Waals surface area contributed by atoms with Crippen molar-refractivity contribution in [1.82, 2.24) is 0 Å². The Hall–Kier alpha value is -0.710. The van der Waals surface area contributed by atoms with E-state index in [1.165, 1.54) is 5.56 Å². The highest BCUT2D eigenvalue weighted by molar-refractivity contribution is 7.84. The zero-order chi connectivity index (χ0) is 13.8. The van der Waals surface area contributed by atoms with Crippen molar-refractivity contribution in [1.29, 1.82) is 0 Å². The molecular formula is C14H22O3S. The number of hydrogen-bond acceptors (Lipinski definition) is 3. The monoisotopic (exact) mass is 270 g/mol. The van der Waals surface area contributed by atoms with Gasteiger partial charge in [0.05, 0.1) is 18.5 Å². The van der Waals surface area contributed by atoms with Gasteiger partial charge in [0.15, 0.2) is 0 Å². The fourth-order valence-electron chi connectivity index (χ4n) is 1.61. The summed E-state index contributed by atoms with van der Waals surface area (Å²) in [5.41, 5.74) is 2.35. The van der Waals surface area contributed by atoms with E-state index in [1.807, 2.05) is 12.1 Å². The minimum absolute atomic E-state index is 0.116. The summed E-state index contributed by atoms with van der Waals surface area (Å²) in [5, 5.41) is 17.9. The first kappa shape index (κ1) is 15.3. The Labute approximate surface area is 111 Å². The summed E-state index contributed by atoms with van der Waals surface area (Å²) >= 11 is 0. The van der Waals surface area contributed by atoms with Crippen LogP contribution in [0.5, 0.6) is 0 Å². The molecule has 0 saturated carbocycles. The SMILES string of the molecule is CC(C)(C)c1ccc(C[S@@](=O)C[C@@H](O)CO)cc1. The van der Waals surface area contributed by atoms with Gasteiger partial charge in [0.25, 0.3) is 0 Å². The van der Waals surface area contributed by atoms with Gasteiger partial charge in [-0.15, -0.1) is 0 Å². The van der Waals surface area contributed by atoms with Crippen LogP contribution in [0.3, 0.4) is 0 Å². The Kier molecular flexibility index (Phi) is 5.50. The molecule has 0 unspecified atom stereocenters. The highest BCUT2D eigenvalue weighted by atomic mass is 32.2. The van der Waals surface area contributed by atoms with Crippen molar-refractivity contribution < 1.29 is 14.4 Å². The van der Waals surface area contributed by atoms with Gasteiger partial charge in [-0.05, 0) is 16.5 Å². The van der Waals surface area contributed by atoms with Gasteiger partial charge in [-0.2, -0.15) is 0 Å². The van der Waals surface area contributed by atoms with E-state index >= 15 is 0 Å². The van der Waals surface area contributed by atoms with Crippen molar-refractivity contribution >= 4 is 10.8 Å². The van der Waals surface area contributed by atoms with Crippen LogP contribution in [0.15, 0.2) is 24.3 Å². The van der Waals surface area contributed by atoms with Gasteiger partial charge in [0.2, 0.25) is 0 Å². The second kappa shape index (κ2) is 6.45. The van der Waals surface area contributed by atoms with Crippen LogP contribution in [0.1, 0.15) is 31.9 Å². The summed E-state index contributed by atoms with van der Waals surface area (Å²) in [5.74, 6) is 0.541. The van der Waals surface area contributed by atoms with Crippen molar-refractivity contribution in [3.05, 3.63) is 35.4 Å². The molecule has 0 heterocycles. The van der Waals surface area contributed by atoms with Crippen LogP contribution in [0, 0.1) is 0 Å². The molecule has 0 fully saturated rings. The summed E-state index contributed by atoms with van der Waals surface area (Å²) in [4.78, 5) is 0. The van der Waals surface area contributed by atoms with Crippen molar-refractivity contribution in [3.8, 4) is 0 Å². The van der Waals surface area contributed by atoms with E-state index in [-0.39, 0.29) is 17.8 Å². The zero-order valence-corrected chi connectivity index (χ0v) is 12.0. The maximum atomic E-state index is 11.7. The third-order valence-electron chi connectivity index (χ3n) is 2.74. The molecule has 2 N–H and O–H groups in total. The van der Waals surface area contributed by atoms with E-state index in [0.29, 0.717) is 5.75 Å².